The van der Waals surface area contributed by atoms with Gasteiger partial charge in [-0.25, -0.2) is 4.98 Å². The molecule has 6 heteroatoms. The van der Waals surface area contributed by atoms with Gasteiger partial charge in [0.15, 0.2) is 5.13 Å². The molecule has 1 aromatic heterocycles. The minimum absolute atomic E-state index is 0.0875. The van der Waals surface area contributed by atoms with Gasteiger partial charge < -0.3 is 5.32 Å². The molecule has 1 aliphatic rings. The molecule has 1 aromatic carbocycles. The van der Waals surface area contributed by atoms with E-state index < -0.39 is 0 Å². The largest absolute Gasteiger partial charge is 0.325 e. The van der Waals surface area contributed by atoms with Crippen LogP contribution in [0, 0.1) is 0 Å². The van der Waals surface area contributed by atoms with Crippen LogP contribution in [0.4, 0.5) is 10.8 Å². The number of amides is 2. The third-order valence-electron chi connectivity index (χ3n) is 3.86. The van der Waals surface area contributed by atoms with Crippen LogP contribution in [0.2, 0.25) is 0 Å². The predicted molar refractivity (Wildman–Crippen MR) is 91.9 cm³/mol. The average molecular weight is 329 g/mol. The van der Waals surface area contributed by atoms with Gasteiger partial charge in [0.05, 0.1) is 12.1 Å². The number of nitrogens with zero attached hydrogens (tertiary/aromatic N) is 2. The highest BCUT2D eigenvalue weighted by Crippen LogP contribution is 2.25. The number of aryl methyl sites for hydroxylation is 1. The van der Waals surface area contributed by atoms with Crippen LogP contribution in [-0.4, -0.2) is 23.3 Å². The lowest BCUT2D eigenvalue weighted by Gasteiger charge is -2.10. The number of hydrogen-bond donors (Lipinski definition) is 1. The number of aromatic nitrogens is 1. The van der Waals surface area contributed by atoms with Crippen molar-refractivity contribution < 1.29 is 9.59 Å². The number of hydrogen-bond acceptors (Lipinski definition) is 4. The molecule has 1 saturated heterocycles. The molecule has 120 valence electrons. The molecule has 0 radical (unpaired) electrons. The standard InChI is InChI=1S/C17H19N3O2S/c1-2-12-6-3-4-7-14(12)19-15(21)10-13-11-23-17(18-13)20-9-5-8-16(20)22/h3-4,6-7,11H,2,5,8-10H2,1H3,(H,19,21). The van der Waals surface area contributed by atoms with E-state index in [0.29, 0.717) is 17.2 Å². The van der Waals surface area contributed by atoms with E-state index in [2.05, 4.69) is 17.2 Å². The number of carbonyl (C=O) groups is 2. The van der Waals surface area contributed by atoms with E-state index in [9.17, 15) is 9.59 Å². The Morgan fingerprint density at radius 1 is 1.39 bits per heavy atom. The average Bonchev–Trinajstić information content (AvgIpc) is 3.16. The van der Waals surface area contributed by atoms with E-state index in [1.807, 2.05) is 29.6 Å². The monoisotopic (exact) mass is 329 g/mol. The van der Waals surface area contributed by atoms with E-state index in [-0.39, 0.29) is 18.2 Å². The highest BCUT2D eigenvalue weighted by atomic mass is 32.1. The first kappa shape index (κ1) is 15.7. The van der Waals surface area contributed by atoms with Crippen LogP contribution in [0.15, 0.2) is 29.6 Å². The Kier molecular flexibility index (Phi) is 4.71. The molecule has 0 aliphatic carbocycles. The number of thiazole rings is 1. The van der Waals surface area contributed by atoms with Gasteiger partial charge in [0.25, 0.3) is 0 Å². The SMILES string of the molecule is CCc1ccccc1NC(=O)Cc1csc(N2CCCC2=O)n1. The summed E-state index contributed by atoms with van der Waals surface area (Å²) in [6.07, 6.45) is 2.55. The molecule has 2 aromatic rings. The number of para-hydroxylation sites is 1. The van der Waals surface area contributed by atoms with Crippen molar-refractivity contribution in [3.05, 3.63) is 40.9 Å². The quantitative estimate of drug-likeness (QED) is 0.917. The highest BCUT2D eigenvalue weighted by molar-refractivity contribution is 7.14. The normalized spacial score (nSPS) is 14.3. The minimum atomic E-state index is -0.0875. The van der Waals surface area contributed by atoms with E-state index in [0.717, 1.165) is 30.6 Å². The molecule has 0 spiro atoms. The van der Waals surface area contributed by atoms with Gasteiger partial charge in [-0.15, -0.1) is 11.3 Å². The fourth-order valence-electron chi connectivity index (χ4n) is 2.66. The topological polar surface area (TPSA) is 62.3 Å². The molecule has 23 heavy (non-hydrogen) atoms. The van der Waals surface area contributed by atoms with E-state index >= 15 is 0 Å². The maximum atomic E-state index is 12.2. The van der Waals surface area contributed by atoms with Gasteiger partial charge in [0, 0.05) is 24.0 Å². The second kappa shape index (κ2) is 6.91. The summed E-state index contributed by atoms with van der Waals surface area (Å²) < 4.78 is 0. The van der Waals surface area contributed by atoms with Gasteiger partial charge in [-0.2, -0.15) is 0 Å². The van der Waals surface area contributed by atoms with Crippen LogP contribution in [0.25, 0.3) is 0 Å². The summed E-state index contributed by atoms with van der Waals surface area (Å²) in [5.41, 5.74) is 2.67. The number of carbonyl (C=O) groups excluding carboxylic acids is 2. The van der Waals surface area contributed by atoms with Crippen molar-refractivity contribution in [2.75, 3.05) is 16.8 Å². The second-order valence-electron chi connectivity index (χ2n) is 5.51. The Labute approximate surface area is 139 Å². The lowest BCUT2D eigenvalue weighted by Crippen LogP contribution is -2.23. The van der Waals surface area contributed by atoms with Gasteiger partial charge in [-0.05, 0) is 24.5 Å². The Morgan fingerprint density at radius 3 is 2.96 bits per heavy atom. The van der Waals surface area contributed by atoms with Crippen molar-refractivity contribution in [2.45, 2.75) is 32.6 Å². The lowest BCUT2D eigenvalue weighted by molar-refractivity contribution is -0.117. The molecule has 0 unspecified atom stereocenters. The fraction of sp³-hybridized carbons (Fsp3) is 0.353. The number of anilines is 2. The number of rotatable bonds is 5. The van der Waals surface area contributed by atoms with E-state index in [4.69, 9.17) is 0 Å². The number of benzene rings is 1. The Bertz CT molecular complexity index is 726. The summed E-state index contributed by atoms with van der Waals surface area (Å²) >= 11 is 1.42. The first-order valence-corrected chi connectivity index (χ1v) is 8.68. The molecule has 2 amide bonds. The molecule has 0 atom stereocenters. The predicted octanol–water partition coefficient (Wildman–Crippen LogP) is 3.01. The van der Waals surface area contributed by atoms with Crippen molar-refractivity contribution in [3.8, 4) is 0 Å². The molecule has 3 rings (SSSR count). The Hall–Kier alpha value is -2.21. The van der Waals surface area contributed by atoms with Gasteiger partial charge in [-0.3, -0.25) is 14.5 Å². The van der Waals surface area contributed by atoms with Crippen LogP contribution in [0.5, 0.6) is 0 Å². The molecule has 1 N–H and O–H groups in total. The van der Waals surface area contributed by atoms with Crippen LogP contribution < -0.4 is 10.2 Å². The second-order valence-corrected chi connectivity index (χ2v) is 6.34. The van der Waals surface area contributed by atoms with Gasteiger partial charge in [0.1, 0.15) is 0 Å². The maximum Gasteiger partial charge on any atom is 0.230 e. The molecule has 5 nitrogen and oxygen atoms in total. The zero-order valence-corrected chi connectivity index (χ0v) is 13.9. The summed E-state index contributed by atoms with van der Waals surface area (Å²) in [5.74, 6) is 0.0303. The molecular formula is C17H19N3O2S. The lowest BCUT2D eigenvalue weighted by atomic mass is 10.1. The Morgan fingerprint density at radius 2 is 2.22 bits per heavy atom. The molecule has 1 fully saturated rings. The first-order valence-electron chi connectivity index (χ1n) is 7.80. The fourth-order valence-corrected chi connectivity index (χ4v) is 3.53. The van der Waals surface area contributed by atoms with Crippen molar-refractivity contribution in [1.29, 1.82) is 0 Å². The zero-order chi connectivity index (χ0) is 16.2. The summed E-state index contributed by atoms with van der Waals surface area (Å²) in [6, 6.07) is 7.80. The van der Waals surface area contributed by atoms with Crippen LogP contribution >= 0.6 is 11.3 Å². The molecular weight excluding hydrogens is 310 g/mol. The van der Waals surface area contributed by atoms with Crippen molar-refractivity contribution >= 4 is 34.0 Å². The molecule has 2 heterocycles. The third kappa shape index (κ3) is 3.59. The summed E-state index contributed by atoms with van der Waals surface area (Å²) in [7, 11) is 0. The molecule has 0 bridgehead atoms. The maximum absolute atomic E-state index is 12.2. The van der Waals surface area contributed by atoms with E-state index in [1.165, 1.54) is 11.3 Å². The highest BCUT2D eigenvalue weighted by Gasteiger charge is 2.24. The van der Waals surface area contributed by atoms with Crippen LogP contribution in [0.3, 0.4) is 0 Å². The smallest absolute Gasteiger partial charge is 0.230 e. The van der Waals surface area contributed by atoms with E-state index in [1.54, 1.807) is 4.90 Å². The summed E-state index contributed by atoms with van der Waals surface area (Å²) in [6.45, 7) is 2.78. The van der Waals surface area contributed by atoms with Crippen LogP contribution in [0.1, 0.15) is 31.0 Å². The summed E-state index contributed by atoms with van der Waals surface area (Å²) in [4.78, 5) is 30.1. The Balaban J connectivity index is 1.64. The van der Waals surface area contributed by atoms with Crippen molar-refractivity contribution in [2.24, 2.45) is 0 Å². The zero-order valence-electron chi connectivity index (χ0n) is 13.0. The molecule has 0 saturated carbocycles. The summed E-state index contributed by atoms with van der Waals surface area (Å²) in [5, 5.41) is 5.49. The van der Waals surface area contributed by atoms with Crippen molar-refractivity contribution in [3.63, 3.8) is 0 Å². The van der Waals surface area contributed by atoms with Crippen LogP contribution in [-0.2, 0) is 22.4 Å². The van der Waals surface area contributed by atoms with Gasteiger partial charge >= 0.3 is 0 Å². The van der Waals surface area contributed by atoms with Gasteiger partial charge in [0.2, 0.25) is 11.8 Å². The third-order valence-corrected chi connectivity index (χ3v) is 4.77. The first-order chi connectivity index (χ1) is 11.2. The van der Waals surface area contributed by atoms with Gasteiger partial charge in [-0.1, -0.05) is 25.1 Å². The molecule has 1 aliphatic heterocycles. The minimum Gasteiger partial charge on any atom is -0.325 e. The van der Waals surface area contributed by atoms with Crippen molar-refractivity contribution in [1.82, 2.24) is 4.98 Å². The number of nitrogens with one attached hydrogen (secondary N) is 1.